The lowest BCUT2D eigenvalue weighted by Crippen LogP contribution is -2.93. The molecule has 4 bridgehead atoms. The molecule has 5 unspecified atom stereocenters. The van der Waals surface area contributed by atoms with E-state index < -0.39 is 123 Å². The molecule has 0 aromatic carbocycles. The van der Waals surface area contributed by atoms with Crippen LogP contribution in [0.3, 0.4) is 0 Å². The maximum absolute atomic E-state index is 14.2. The molecule has 1 N–H and O–H groups in total. The zero-order valence-electron chi connectivity index (χ0n) is 33.5. The van der Waals surface area contributed by atoms with E-state index in [2.05, 4.69) is 0 Å². The summed E-state index contributed by atoms with van der Waals surface area (Å²) < 4.78 is 62.3. The van der Waals surface area contributed by atoms with E-state index in [4.69, 9.17) is 47.0 Å². The molecule has 4 aliphatic carbocycles. The van der Waals surface area contributed by atoms with Gasteiger partial charge in [0.1, 0.15) is 29.0 Å². The Balaban J connectivity index is 1.46. The minimum absolute atomic E-state index is 0.0318. The van der Waals surface area contributed by atoms with Crippen LogP contribution in [0.25, 0.3) is 0 Å². The minimum atomic E-state index is -2.40. The van der Waals surface area contributed by atoms with Gasteiger partial charge in [0, 0.05) is 54.4 Å². The van der Waals surface area contributed by atoms with E-state index in [1.165, 1.54) is 33.7 Å². The maximum Gasteiger partial charge on any atom is 0.341 e. The van der Waals surface area contributed by atoms with Gasteiger partial charge in [-0.3, -0.25) is 19.2 Å². The normalized spacial score (nSPS) is 49.1. The smallest absolute Gasteiger partial charge is 0.341 e. The van der Waals surface area contributed by atoms with Gasteiger partial charge in [0.15, 0.2) is 17.3 Å². The molecule has 4 heterocycles. The van der Waals surface area contributed by atoms with Gasteiger partial charge in [0.25, 0.3) is 5.97 Å². The number of fused-ring (bicyclic) bond motifs is 2. The number of methoxy groups -OCH3 is 2. The summed E-state index contributed by atoms with van der Waals surface area (Å²) in [6, 6.07) is 1.65. The lowest BCUT2D eigenvalue weighted by molar-refractivity contribution is -0.477. The van der Waals surface area contributed by atoms with Crippen molar-refractivity contribution in [1.29, 1.82) is 0 Å². The van der Waals surface area contributed by atoms with Crippen LogP contribution in [0.15, 0.2) is 23.0 Å². The molecule has 3 saturated heterocycles. The summed E-state index contributed by atoms with van der Waals surface area (Å²) in [5.74, 6) is -7.22. The highest BCUT2D eigenvalue weighted by molar-refractivity contribution is 5.83. The van der Waals surface area contributed by atoms with Gasteiger partial charge < -0.3 is 52.2 Å². The topological polar surface area (TPSA) is 205 Å². The van der Waals surface area contributed by atoms with E-state index in [0.29, 0.717) is 5.56 Å². The second-order valence-electron chi connectivity index (χ2n) is 17.9. The molecular formula is C40H52O16. The van der Waals surface area contributed by atoms with Crippen LogP contribution < -0.4 is 0 Å². The minimum Gasteiger partial charge on any atom is -0.472 e. The average molecular weight is 789 g/mol. The molecule has 0 amide bonds. The van der Waals surface area contributed by atoms with Gasteiger partial charge in [-0.05, 0) is 45.1 Å². The highest BCUT2D eigenvalue weighted by Crippen LogP contribution is 2.89. The molecule has 8 rings (SSSR count). The van der Waals surface area contributed by atoms with Crippen molar-refractivity contribution < 1.29 is 76.1 Å². The summed E-state index contributed by atoms with van der Waals surface area (Å²) >= 11 is 0. The molecule has 3 aliphatic heterocycles. The summed E-state index contributed by atoms with van der Waals surface area (Å²) in [5.41, 5.74) is -12.5. The number of epoxide rings is 1. The summed E-state index contributed by atoms with van der Waals surface area (Å²) in [6.45, 7) is 13.3. The molecule has 56 heavy (non-hydrogen) atoms. The summed E-state index contributed by atoms with van der Waals surface area (Å²) in [7, 11) is 2.51. The molecule has 7 aliphatic rings. The monoisotopic (exact) mass is 788 g/mol. The van der Waals surface area contributed by atoms with Crippen molar-refractivity contribution >= 4 is 29.8 Å². The van der Waals surface area contributed by atoms with Crippen LogP contribution in [0.1, 0.15) is 106 Å². The van der Waals surface area contributed by atoms with Crippen LogP contribution >= 0.6 is 0 Å². The molecule has 16 heteroatoms. The van der Waals surface area contributed by atoms with Gasteiger partial charge in [-0.1, -0.05) is 27.7 Å². The number of furan rings is 1. The summed E-state index contributed by atoms with van der Waals surface area (Å²) in [6.07, 6.45) is -2.26. The Labute approximate surface area is 324 Å². The Hall–Kier alpha value is -3.57. The third kappa shape index (κ3) is 4.29. The number of carbonyl (C=O) groups excluding carboxylic acids is 5. The highest BCUT2D eigenvalue weighted by atomic mass is 16.9. The van der Waals surface area contributed by atoms with E-state index in [0.717, 1.165) is 0 Å². The van der Waals surface area contributed by atoms with Crippen molar-refractivity contribution in [3.63, 3.8) is 0 Å². The van der Waals surface area contributed by atoms with Crippen molar-refractivity contribution in [3.05, 3.63) is 24.2 Å². The Kier molecular flexibility index (Phi) is 8.25. The number of hydrogen-bond acceptors (Lipinski definition) is 16. The molecule has 15 atom stereocenters. The van der Waals surface area contributed by atoms with Gasteiger partial charge in [0.05, 0.1) is 39.3 Å². The molecule has 16 nitrogen and oxygen atoms in total. The van der Waals surface area contributed by atoms with Gasteiger partial charge >= 0.3 is 29.8 Å². The van der Waals surface area contributed by atoms with Crippen molar-refractivity contribution in [2.45, 2.75) is 152 Å². The predicted molar refractivity (Wildman–Crippen MR) is 185 cm³/mol. The second kappa shape index (κ2) is 11.8. The van der Waals surface area contributed by atoms with Crippen molar-refractivity contribution in [2.75, 3.05) is 14.2 Å². The fourth-order valence-electron chi connectivity index (χ4n) is 13.1. The predicted octanol–water partition coefficient (Wildman–Crippen LogP) is 3.60. The Bertz CT molecular complexity index is 1880. The van der Waals surface area contributed by atoms with Crippen LogP contribution in [0.2, 0.25) is 0 Å². The zero-order valence-corrected chi connectivity index (χ0v) is 33.5. The molecule has 1 aromatic heterocycles. The van der Waals surface area contributed by atoms with Crippen LogP contribution in [0.4, 0.5) is 0 Å². The molecule has 2 spiro atoms. The van der Waals surface area contributed by atoms with E-state index in [9.17, 15) is 29.1 Å². The zero-order chi connectivity index (χ0) is 40.9. The third-order valence-corrected chi connectivity index (χ3v) is 15.5. The van der Waals surface area contributed by atoms with Crippen LogP contribution in [0.5, 0.6) is 0 Å². The van der Waals surface area contributed by atoms with E-state index in [-0.39, 0.29) is 32.1 Å². The number of hydrogen-bond donors (Lipinski definition) is 1. The van der Waals surface area contributed by atoms with Gasteiger partial charge in [-0.15, -0.1) is 0 Å². The highest BCUT2D eigenvalue weighted by Gasteiger charge is 3.04. The first kappa shape index (κ1) is 39.3. The van der Waals surface area contributed by atoms with Gasteiger partial charge in [-0.25, -0.2) is 4.79 Å². The lowest BCUT2D eigenvalue weighted by atomic mass is 9.33. The number of aliphatic hydroxyl groups is 1. The van der Waals surface area contributed by atoms with E-state index in [1.807, 2.05) is 20.8 Å². The first-order valence-electron chi connectivity index (χ1n) is 19.3. The fraction of sp³-hybridized carbons (Fsp3) is 0.775. The molecule has 1 aromatic rings. The number of ether oxygens (including phenoxy) is 9. The maximum atomic E-state index is 14.2. The van der Waals surface area contributed by atoms with Crippen LogP contribution in [-0.4, -0.2) is 101 Å². The van der Waals surface area contributed by atoms with Crippen LogP contribution in [-0.2, 0) is 66.6 Å². The van der Waals surface area contributed by atoms with Crippen molar-refractivity contribution in [3.8, 4) is 0 Å². The molecule has 0 radical (unpaired) electrons. The first-order chi connectivity index (χ1) is 26.1. The number of esters is 5. The molecule has 4 saturated carbocycles. The Morgan fingerprint density at radius 2 is 1.50 bits per heavy atom. The second-order valence-corrected chi connectivity index (χ2v) is 17.9. The summed E-state index contributed by atoms with van der Waals surface area (Å²) in [4.78, 5) is 68.4. The van der Waals surface area contributed by atoms with Gasteiger partial charge in [0.2, 0.25) is 0 Å². The summed E-state index contributed by atoms with van der Waals surface area (Å²) in [5, 5.41) is 14.1. The third-order valence-electron chi connectivity index (χ3n) is 15.5. The number of rotatable bonds is 11. The van der Waals surface area contributed by atoms with Crippen molar-refractivity contribution in [2.24, 2.45) is 28.1 Å². The van der Waals surface area contributed by atoms with E-state index in [1.54, 1.807) is 33.8 Å². The molecular weight excluding hydrogens is 736 g/mol. The van der Waals surface area contributed by atoms with Crippen molar-refractivity contribution in [1.82, 2.24) is 0 Å². The SMILES string of the molecule is CCC(=O)OC1C2(O)C(OC(=O)[C@@]3(C)O[C@@H]3C)[C@@]3(C)CC24OC2(C)O[C@@]5(CC[C@](C)([C@H](OC(C)=O)c6ccoc6)[C@@H](CC(=O)OC)[C@]15O2)[C@]4(C)[C@H]3CC(=O)OC. The molecule has 7 fully saturated rings. The Morgan fingerprint density at radius 1 is 0.875 bits per heavy atom. The quantitative estimate of drug-likeness (QED) is 0.193. The standard InChI is InChI=1S/C40H52O16/c1-11-25(42)51-30-39(46)29(52-31(45)34(6)20(2)53-34)33(5)19-38(39)35(7,23(33)16-26(43)47-9)37-14-13-32(4,28(50-21(3)41)22-12-15-49-18-22)24(17-27(44)48-10)40(30,37)56-36(8,54-37)55-38/h12,15,18,20,23-24,28-30,46H,11,13-14,16-17,19H2,1-10H3/t20-,23+,24-,28-,29?,30?,32+,33+,34+,35+,36?,37+,38?,39?,40+/m1/s1. The Morgan fingerprint density at radius 3 is 2.05 bits per heavy atom. The van der Waals surface area contributed by atoms with Gasteiger partial charge in [-0.2, -0.15) is 0 Å². The lowest BCUT2D eigenvalue weighted by Gasteiger charge is -2.76. The first-order valence-corrected chi connectivity index (χ1v) is 19.3. The average Bonchev–Trinajstić information content (AvgIpc) is 3.47. The molecule has 308 valence electrons. The van der Waals surface area contributed by atoms with E-state index >= 15 is 0 Å². The largest absolute Gasteiger partial charge is 0.472 e. The number of carbonyl (C=O) groups is 5. The fourth-order valence-corrected chi connectivity index (χ4v) is 13.1. The van der Waals surface area contributed by atoms with Crippen LogP contribution in [0, 0.1) is 28.1 Å².